The average Bonchev–Trinajstić information content (AvgIpc) is 2.17. The summed E-state index contributed by atoms with van der Waals surface area (Å²) in [7, 11) is 3.05. The van der Waals surface area contributed by atoms with E-state index in [9.17, 15) is 4.79 Å². The van der Waals surface area contributed by atoms with Gasteiger partial charge in [0.15, 0.2) is 0 Å². The smallest absolute Gasteiger partial charge is 0.307 e. The molecule has 0 spiro atoms. The van der Waals surface area contributed by atoms with Gasteiger partial charge < -0.3 is 14.6 Å². The third kappa shape index (κ3) is 3.50. The third-order valence-corrected chi connectivity index (χ3v) is 1.84. The van der Waals surface area contributed by atoms with Gasteiger partial charge in [-0.1, -0.05) is 13.5 Å². The molecule has 0 amide bonds. The first-order valence-corrected chi connectivity index (χ1v) is 4.10. The summed E-state index contributed by atoms with van der Waals surface area (Å²) in [5, 5.41) is 8.63. The summed E-state index contributed by atoms with van der Waals surface area (Å²) in [6.07, 6.45) is -0.0484. The molecule has 4 heteroatoms. The van der Waals surface area contributed by atoms with Gasteiger partial charge in [-0.2, -0.15) is 0 Å². The number of hydrogen-bond donors (Lipinski definition) is 1. The van der Waals surface area contributed by atoms with E-state index in [1.165, 1.54) is 7.11 Å². The molecule has 1 N–H and O–H groups in total. The lowest BCUT2D eigenvalue weighted by Crippen LogP contribution is -2.02. The van der Waals surface area contributed by atoms with E-state index in [-0.39, 0.29) is 13.8 Å². The van der Waals surface area contributed by atoms with Crippen molar-refractivity contribution in [1.82, 2.24) is 0 Å². The molecule has 0 radical (unpaired) electrons. The summed E-state index contributed by atoms with van der Waals surface area (Å²) in [6, 6.07) is 5.06. The number of carboxylic acid groups (broad SMARTS) is 1. The Morgan fingerprint density at radius 1 is 1.33 bits per heavy atom. The number of methoxy groups -OCH3 is 2. The molecule has 4 nitrogen and oxygen atoms in total. The maximum Gasteiger partial charge on any atom is 0.307 e. The quantitative estimate of drug-likeness (QED) is 0.829. The largest absolute Gasteiger partial charge is 0.497 e. The van der Waals surface area contributed by atoms with Gasteiger partial charge in [0.2, 0.25) is 0 Å². The number of benzene rings is 1. The first kappa shape index (κ1) is 13.3. The predicted octanol–water partition coefficient (Wildman–Crippen LogP) is 1.97. The molecular weight excluding hydrogens is 196 g/mol. The summed E-state index contributed by atoms with van der Waals surface area (Å²) < 4.78 is 10.0. The summed E-state index contributed by atoms with van der Waals surface area (Å²) in [5.74, 6) is 0.302. The van der Waals surface area contributed by atoms with Gasteiger partial charge in [-0.05, 0) is 6.07 Å². The van der Waals surface area contributed by atoms with Crippen molar-refractivity contribution in [1.29, 1.82) is 0 Å². The van der Waals surface area contributed by atoms with Crippen molar-refractivity contribution in [2.24, 2.45) is 0 Å². The van der Waals surface area contributed by atoms with Crippen LogP contribution in [0.2, 0.25) is 0 Å². The van der Waals surface area contributed by atoms with Gasteiger partial charge in [-0.15, -0.1) is 0 Å². The van der Waals surface area contributed by atoms with Crippen LogP contribution >= 0.6 is 0 Å². The van der Waals surface area contributed by atoms with Crippen molar-refractivity contribution in [3.8, 4) is 11.5 Å². The Kier molecular flexibility index (Phi) is 5.23. The zero-order valence-corrected chi connectivity index (χ0v) is 8.11. The molecule has 0 bridgehead atoms. The highest BCUT2D eigenvalue weighted by Gasteiger charge is 2.08. The van der Waals surface area contributed by atoms with Gasteiger partial charge in [0.05, 0.1) is 20.6 Å². The number of rotatable bonds is 4. The first-order valence-electron chi connectivity index (χ1n) is 4.10. The van der Waals surface area contributed by atoms with E-state index in [0.29, 0.717) is 17.1 Å². The maximum absolute atomic E-state index is 10.5. The SMILES string of the molecule is C.COc1ccc(CC(=O)O)c(OC)c1. The molecular formula is C11H16O4. The predicted molar refractivity (Wildman–Crippen MR) is 57.6 cm³/mol. The molecule has 1 aromatic carbocycles. The fourth-order valence-corrected chi connectivity index (χ4v) is 1.16. The molecule has 0 aliphatic rings. The van der Waals surface area contributed by atoms with E-state index in [4.69, 9.17) is 14.6 Å². The van der Waals surface area contributed by atoms with Crippen LogP contribution in [0.25, 0.3) is 0 Å². The van der Waals surface area contributed by atoms with Crippen LogP contribution in [-0.2, 0) is 11.2 Å². The minimum Gasteiger partial charge on any atom is -0.497 e. The van der Waals surface area contributed by atoms with Crippen molar-refractivity contribution >= 4 is 5.97 Å². The van der Waals surface area contributed by atoms with Gasteiger partial charge >= 0.3 is 5.97 Å². The number of aliphatic carboxylic acids is 1. The Labute approximate surface area is 89.4 Å². The summed E-state index contributed by atoms with van der Waals surface area (Å²) in [4.78, 5) is 10.5. The van der Waals surface area contributed by atoms with Crippen LogP contribution < -0.4 is 9.47 Å². The minimum atomic E-state index is -0.881. The summed E-state index contributed by atoms with van der Waals surface area (Å²) >= 11 is 0. The molecule has 84 valence electrons. The van der Waals surface area contributed by atoms with Gasteiger partial charge in [0, 0.05) is 11.6 Å². The molecule has 1 rings (SSSR count). The van der Waals surface area contributed by atoms with E-state index in [0.717, 1.165) is 0 Å². The minimum absolute atomic E-state index is 0. The number of hydrogen-bond acceptors (Lipinski definition) is 3. The van der Waals surface area contributed by atoms with Crippen LogP contribution in [0.4, 0.5) is 0 Å². The third-order valence-electron chi connectivity index (χ3n) is 1.84. The molecule has 0 fully saturated rings. The van der Waals surface area contributed by atoms with Crippen molar-refractivity contribution in [2.75, 3.05) is 14.2 Å². The van der Waals surface area contributed by atoms with Gasteiger partial charge in [-0.25, -0.2) is 0 Å². The van der Waals surface area contributed by atoms with E-state index in [1.54, 1.807) is 25.3 Å². The Bertz CT molecular complexity index is 333. The Morgan fingerprint density at radius 3 is 2.47 bits per heavy atom. The lowest BCUT2D eigenvalue weighted by Gasteiger charge is -2.08. The second-order valence-electron chi connectivity index (χ2n) is 2.75. The standard InChI is InChI=1S/C10H12O4.CH4/c1-13-8-4-3-7(5-10(11)12)9(6-8)14-2;/h3-4,6H,5H2,1-2H3,(H,11,12);1H4. The van der Waals surface area contributed by atoms with Crippen molar-refractivity contribution in [2.45, 2.75) is 13.8 Å². The lowest BCUT2D eigenvalue weighted by molar-refractivity contribution is -0.136. The van der Waals surface area contributed by atoms with Crippen LogP contribution in [0.15, 0.2) is 18.2 Å². The highest BCUT2D eigenvalue weighted by atomic mass is 16.5. The number of ether oxygens (including phenoxy) is 2. The molecule has 0 saturated heterocycles. The normalized spacial score (nSPS) is 8.93. The molecule has 15 heavy (non-hydrogen) atoms. The molecule has 0 atom stereocenters. The molecule has 1 aromatic rings. The van der Waals surface area contributed by atoms with Gasteiger partial charge in [-0.3, -0.25) is 4.79 Å². The molecule has 0 aliphatic heterocycles. The second-order valence-corrected chi connectivity index (χ2v) is 2.75. The van der Waals surface area contributed by atoms with Crippen molar-refractivity contribution in [3.63, 3.8) is 0 Å². The Morgan fingerprint density at radius 2 is 2.00 bits per heavy atom. The summed E-state index contributed by atoms with van der Waals surface area (Å²) in [5.41, 5.74) is 0.640. The topological polar surface area (TPSA) is 55.8 Å². The van der Waals surface area contributed by atoms with E-state index in [2.05, 4.69) is 0 Å². The van der Waals surface area contributed by atoms with Crippen LogP contribution in [0.1, 0.15) is 13.0 Å². The molecule has 0 aromatic heterocycles. The van der Waals surface area contributed by atoms with Crippen LogP contribution in [-0.4, -0.2) is 25.3 Å². The van der Waals surface area contributed by atoms with Crippen molar-refractivity contribution in [3.05, 3.63) is 23.8 Å². The molecule has 0 unspecified atom stereocenters. The summed E-state index contributed by atoms with van der Waals surface area (Å²) in [6.45, 7) is 0. The van der Waals surface area contributed by atoms with Gasteiger partial charge in [0.25, 0.3) is 0 Å². The fraction of sp³-hybridized carbons (Fsp3) is 0.364. The molecule has 0 saturated carbocycles. The number of carbonyl (C=O) groups is 1. The highest BCUT2D eigenvalue weighted by molar-refractivity contribution is 5.71. The van der Waals surface area contributed by atoms with E-state index >= 15 is 0 Å². The monoisotopic (exact) mass is 212 g/mol. The fourth-order valence-electron chi connectivity index (χ4n) is 1.16. The molecule has 0 heterocycles. The van der Waals surface area contributed by atoms with Crippen molar-refractivity contribution < 1.29 is 19.4 Å². The van der Waals surface area contributed by atoms with Crippen LogP contribution in [0.5, 0.6) is 11.5 Å². The second kappa shape index (κ2) is 5.90. The maximum atomic E-state index is 10.5. The first-order chi connectivity index (χ1) is 6.67. The van der Waals surface area contributed by atoms with Crippen LogP contribution in [0.3, 0.4) is 0 Å². The molecule has 0 aliphatic carbocycles. The van der Waals surface area contributed by atoms with Crippen LogP contribution in [0, 0.1) is 0 Å². The Hall–Kier alpha value is -1.71. The number of carboxylic acids is 1. The highest BCUT2D eigenvalue weighted by Crippen LogP contribution is 2.24. The Balaban J connectivity index is 0.00000196. The zero-order valence-electron chi connectivity index (χ0n) is 8.11. The van der Waals surface area contributed by atoms with E-state index in [1.807, 2.05) is 0 Å². The van der Waals surface area contributed by atoms with E-state index < -0.39 is 5.97 Å². The lowest BCUT2D eigenvalue weighted by atomic mass is 10.1. The average molecular weight is 212 g/mol. The zero-order chi connectivity index (χ0) is 10.6. The van der Waals surface area contributed by atoms with Gasteiger partial charge in [0.1, 0.15) is 11.5 Å².